The van der Waals surface area contributed by atoms with Gasteiger partial charge in [-0.15, -0.1) is 11.6 Å². The maximum atomic E-state index is 5.72. The van der Waals surface area contributed by atoms with Gasteiger partial charge in [-0.25, -0.2) is 4.98 Å². The van der Waals surface area contributed by atoms with E-state index >= 15 is 0 Å². The van der Waals surface area contributed by atoms with Gasteiger partial charge in [-0.2, -0.15) is 4.37 Å². The van der Waals surface area contributed by atoms with Gasteiger partial charge in [0.15, 0.2) is 0 Å². The molecule has 0 fully saturated rings. The van der Waals surface area contributed by atoms with Gasteiger partial charge in [0, 0.05) is 29.5 Å². The zero-order chi connectivity index (χ0) is 11.4. The van der Waals surface area contributed by atoms with E-state index in [2.05, 4.69) is 14.7 Å². The molecule has 0 aliphatic heterocycles. The molecule has 3 nitrogen and oxygen atoms in total. The summed E-state index contributed by atoms with van der Waals surface area (Å²) in [6.45, 7) is 2.04. The average Bonchev–Trinajstić information content (AvgIpc) is 2.78. The van der Waals surface area contributed by atoms with Gasteiger partial charge in [0.05, 0.1) is 0 Å². The Bertz CT molecular complexity index is 453. The largest absolute Gasteiger partial charge is 0.330 e. The van der Waals surface area contributed by atoms with Crippen molar-refractivity contribution in [3.8, 4) is 0 Å². The molecule has 1 N–H and O–H groups in total. The molecule has 5 heteroatoms. The van der Waals surface area contributed by atoms with Crippen LogP contribution in [-0.4, -0.2) is 9.36 Å². The number of nitrogens with one attached hydrogen (secondary N) is 1. The Kier molecular flexibility index (Phi) is 3.74. The van der Waals surface area contributed by atoms with E-state index in [-0.39, 0.29) is 0 Å². The summed E-state index contributed by atoms with van der Waals surface area (Å²) < 4.78 is 4.21. The normalized spacial score (nSPS) is 10.4. The molecule has 1 aromatic heterocycles. The van der Waals surface area contributed by atoms with E-state index in [9.17, 15) is 0 Å². The van der Waals surface area contributed by atoms with Crippen molar-refractivity contribution < 1.29 is 0 Å². The summed E-state index contributed by atoms with van der Waals surface area (Å²) in [7, 11) is 0. The van der Waals surface area contributed by atoms with Gasteiger partial charge < -0.3 is 5.32 Å². The second-order valence-corrected chi connectivity index (χ2v) is 4.34. The maximum absolute atomic E-state index is 5.72. The Balaban J connectivity index is 2.08. The minimum atomic E-state index is 0.541. The number of hydrogen-bond donors (Lipinski definition) is 1. The number of alkyl halides is 1. The highest BCUT2D eigenvalue weighted by atomic mass is 35.5. The molecule has 0 atom stereocenters. The number of hydrogen-bond acceptors (Lipinski definition) is 4. The molecule has 0 aliphatic rings. The summed E-state index contributed by atoms with van der Waals surface area (Å²) in [6, 6.07) is 7.98. The van der Waals surface area contributed by atoms with E-state index in [4.69, 9.17) is 11.6 Å². The number of rotatable bonds is 4. The zero-order valence-electron chi connectivity index (χ0n) is 8.90. The van der Waals surface area contributed by atoms with Gasteiger partial charge in [-0.1, -0.05) is 19.1 Å². The molecule has 0 aliphatic carbocycles. The van der Waals surface area contributed by atoms with Crippen molar-refractivity contribution in [3.05, 3.63) is 35.7 Å². The number of halogens is 1. The summed E-state index contributed by atoms with van der Waals surface area (Å²) in [4.78, 5) is 4.34. The standard InChI is InChI=1S/C11H12ClN3S/c1-2-10-14-11(16-15-10)13-9-5-3-8(7-12)4-6-9/h3-6H,2,7H2,1H3,(H,13,14,15). The van der Waals surface area contributed by atoms with Crippen molar-refractivity contribution >= 4 is 34.0 Å². The molecule has 16 heavy (non-hydrogen) atoms. The molecule has 84 valence electrons. The van der Waals surface area contributed by atoms with Crippen LogP contribution >= 0.6 is 23.1 Å². The average molecular weight is 254 g/mol. The van der Waals surface area contributed by atoms with Crippen LogP contribution in [0.1, 0.15) is 18.3 Å². The van der Waals surface area contributed by atoms with E-state index < -0.39 is 0 Å². The maximum Gasteiger partial charge on any atom is 0.207 e. The minimum Gasteiger partial charge on any atom is -0.330 e. The number of benzene rings is 1. The summed E-state index contributed by atoms with van der Waals surface area (Å²) in [5.41, 5.74) is 2.12. The lowest BCUT2D eigenvalue weighted by Crippen LogP contribution is -1.90. The SMILES string of the molecule is CCc1nsc(Nc2ccc(CCl)cc2)n1. The Morgan fingerprint density at radius 1 is 1.31 bits per heavy atom. The Morgan fingerprint density at radius 3 is 2.62 bits per heavy atom. The topological polar surface area (TPSA) is 37.8 Å². The molecular weight excluding hydrogens is 242 g/mol. The van der Waals surface area contributed by atoms with Crippen LogP contribution in [0.2, 0.25) is 0 Å². The van der Waals surface area contributed by atoms with Crippen LogP contribution in [0.5, 0.6) is 0 Å². The molecule has 0 amide bonds. The van der Waals surface area contributed by atoms with Crippen LogP contribution in [0.15, 0.2) is 24.3 Å². The van der Waals surface area contributed by atoms with E-state index in [1.807, 2.05) is 31.2 Å². The van der Waals surface area contributed by atoms with Gasteiger partial charge in [0.1, 0.15) is 5.82 Å². The summed E-state index contributed by atoms with van der Waals surface area (Å²) >= 11 is 7.10. The van der Waals surface area contributed by atoms with Gasteiger partial charge in [0.2, 0.25) is 5.13 Å². The van der Waals surface area contributed by atoms with Crippen molar-refractivity contribution in [2.75, 3.05) is 5.32 Å². The number of nitrogens with zero attached hydrogens (tertiary/aromatic N) is 2. The summed E-state index contributed by atoms with van der Waals surface area (Å²) in [5, 5.41) is 4.04. The van der Waals surface area contributed by atoms with Crippen molar-refractivity contribution in [3.63, 3.8) is 0 Å². The molecule has 0 saturated heterocycles. The second kappa shape index (κ2) is 5.27. The molecule has 0 radical (unpaired) electrons. The third-order valence-electron chi connectivity index (χ3n) is 2.14. The number of anilines is 2. The number of aromatic nitrogens is 2. The highest BCUT2D eigenvalue weighted by molar-refractivity contribution is 7.09. The third-order valence-corrected chi connectivity index (χ3v) is 3.12. The van der Waals surface area contributed by atoms with Crippen molar-refractivity contribution in [1.29, 1.82) is 0 Å². The summed E-state index contributed by atoms with van der Waals surface area (Å²) in [5.74, 6) is 1.42. The van der Waals surface area contributed by atoms with Crippen molar-refractivity contribution in [2.45, 2.75) is 19.2 Å². The van der Waals surface area contributed by atoms with Crippen LogP contribution in [0.3, 0.4) is 0 Å². The minimum absolute atomic E-state index is 0.541. The molecule has 2 aromatic rings. The molecule has 2 rings (SSSR count). The fraction of sp³-hybridized carbons (Fsp3) is 0.273. The monoisotopic (exact) mass is 253 g/mol. The zero-order valence-corrected chi connectivity index (χ0v) is 10.5. The highest BCUT2D eigenvalue weighted by Crippen LogP contribution is 2.19. The Labute approximate surface area is 104 Å². The lowest BCUT2D eigenvalue weighted by atomic mass is 10.2. The molecule has 0 unspecified atom stereocenters. The molecule has 0 spiro atoms. The van der Waals surface area contributed by atoms with Gasteiger partial charge in [-0.05, 0) is 17.7 Å². The van der Waals surface area contributed by atoms with Gasteiger partial charge in [-0.3, -0.25) is 0 Å². The first-order valence-electron chi connectivity index (χ1n) is 5.06. The molecule has 0 saturated carbocycles. The van der Waals surface area contributed by atoms with E-state index in [0.29, 0.717) is 5.88 Å². The van der Waals surface area contributed by atoms with Crippen LogP contribution in [0.25, 0.3) is 0 Å². The Hall–Kier alpha value is -1.13. The Morgan fingerprint density at radius 2 is 2.06 bits per heavy atom. The van der Waals surface area contributed by atoms with Crippen molar-refractivity contribution in [2.24, 2.45) is 0 Å². The predicted molar refractivity (Wildman–Crippen MR) is 68.6 cm³/mol. The van der Waals surface area contributed by atoms with Crippen LogP contribution < -0.4 is 5.32 Å². The molecule has 1 aromatic carbocycles. The fourth-order valence-electron chi connectivity index (χ4n) is 1.25. The summed E-state index contributed by atoms with van der Waals surface area (Å²) in [6.07, 6.45) is 0.864. The van der Waals surface area contributed by atoms with Crippen LogP contribution in [0.4, 0.5) is 10.8 Å². The van der Waals surface area contributed by atoms with Gasteiger partial charge >= 0.3 is 0 Å². The first-order chi connectivity index (χ1) is 7.81. The lowest BCUT2D eigenvalue weighted by Gasteiger charge is -2.02. The number of aryl methyl sites for hydroxylation is 1. The van der Waals surface area contributed by atoms with Gasteiger partial charge in [0.25, 0.3) is 0 Å². The molecular formula is C11H12ClN3S. The quantitative estimate of drug-likeness (QED) is 0.847. The highest BCUT2D eigenvalue weighted by Gasteiger charge is 2.02. The predicted octanol–water partition coefficient (Wildman–Crippen LogP) is 3.58. The fourth-order valence-corrected chi connectivity index (χ4v) is 2.10. The van der Waals surface area contributed by atoms with E-state index in [1.165, 1.54) is 11.5 Å². The van der Waals surface area contributed by atoms with Crippen molar-refractivity contribution in [1.82, 2.24) is 9.36 Å². The molecule has 1 heterocycles. The van der Waals surface area contributed by atoms with Crippen LogP contribution in [-0.2, 0) is 12.3 Å². The lowest BCUT2D eigenvalue weighted by molar-refractivity contribution is 1.00. The first-order valence-corrected chi connectivity index (χ1v) is 6.37. The van der Waals surface area contributed by atoms with Crippen LogP contribution in [0, 0.1) is 0 Å². The third kappa shape index (κ3) is 2.71. The van der Waals surface area contributed by atoms with E-state index in [1.54, 1.807) is 0 Å². The first kappa shape index (κ1) is 11.4. The second-order valence-electron chi connectivity index (χ2n) is 3.32. The van der Waals surface area contributed by atoms with E-state index in [0.717, 1.165) is 28.6 Å². The smallest absolute Gasteiger partial charge is 0.207 e. The molecule has 0 bridgehead atoms.